The molecule has 72 valence electrons. The zero-order chi connectivity index (χ0) is 10.0. The molecule has 0 amide bonds. The summed E-state index contributed by atoms with van der Waals surface area (Å²) in [7, 11) is 0. The minimum atomic E-state index is 0.195. The molecule has 0 saturated carbocycles. The van der Waals surface area contributed by atoms with Gasteiger partial charge in [0.2, 0.25) is 0 Å². The first kappa shape index (κ1) is 9.26. The fraction of sp³-hybridized carbons (Fsp3) is 0.286. The van der Waals surface area contributed by atoms with E-state index >= 15 is 0 Å². The van der Waals surface area contributed by atoms with E-state index in [4.69, 9.17) is 0 Å². The molecule has 0 aromatic heterocycles. The number of benzene rings is 1. The number of hydrogen-bond acceptors (Lipinski definition) is 0. The summed E-state index contributed by atoms with van der Waals surface area (Å²) >= 11 is 0. The lowest BCUT2D eigenvalue weighted by atomic mass is 9.76. The van der Waals surface area contributed by atoms with E-state index in [-0.39, 0.29) is 5.41 Å². The lowest BCUT2D eigenvalue weighted by Gasteiger charge is -2.28. The molecule has 1 aliphatic carbocycles. The second-order valence-corrected chi connectivity index (χ2v) is 4.22. The topological polar surface area (TPSA) is 0 Å². The number of rotatable bonds is 1. The molecule has 0 heteroatoms. The average Bonchev–Trinajstić information content (AvgIpc) is 2.19. The van der Waals surface area contributed by atoms with Gasteiger partial charge in [0.15, 0.2) is 0 Å². The molecule has 1 aromatic carbocycles. The molecule has 0 aliphatic heterocycles. The molecule has 0 saturated heterocycles. The van der Waals surface area contributed by atoms with Crippen LogP contribution in [0.5, 0.6) is 0 Å². The summed E-state index contributed by atoms with van der Waals surface area (Å²) in [6.45, 7) is 4.49. The van der Waals surface area contributed by atoms with Gasteiger partial charge in [-0.2, -0.15) is 0 Å². The molecule has 0 bridgehead atoms. The summed E-state index contributed by atoms with van der Waals surface area (Å²) in [4.78, 5) is 0. The normalized spacial score (nSPS) is 25.3. The van der Waals surface area contributed by atoms with Crippen molar-refractivity contribution in [3.63, 3.8) is 0 Å². The molecule has 0 heterocycles. The summed E-state index contributed by atoms with van der Waals surface area (Å²) in [5.41, 5.74) is 3.02. The molecular formula is C14H16. The monoisotopic (exact) mass is 184 g/mol. The highest BCUT2D eigenvalue weighted by Crippen LogP contribution is 2.33. The van der Waals surface area contributed by atoms with E-state index in [9.17, 15) is 0 Å². The molecule has 0 radical (unpaired) electrons. The summed E-state index contributed by atoms with van der Waals surface area (Å²) < 4.78 is 0. The van der Waals surface area contributed by atoms with Crippen molar-refractivity contribution in [3.8, 4) is 0 Å². The quantitative estimate of drug-likeness (QED) is 0.623. The van der Waals surface area contributed by atoms with Gasteiger partial charge in [0.25, 0.3) is 0 Å². The van der Waals surface area contributed by atoms with Crippen molar-refractivity contribution in [1.82, 2.24) is 0 Å². The number of aryl methyl sites for hydroxylation is 1. The molecular weight excluding hydrogens is 168 g/mol. The first-order chi connectivity index (χ1) is 6.72. The Morgan fingerprint density at radius 2 is 1.93 bits per heavy atom. The molecule has 1 aromatic rings. The second kappa shape index (κ2) is 3.45. The zero-order valence-corrected chi connectivity index (χ0v) is 8.83. The predicted octanol–water partition coefficient (Wildman–Crippen LogP) is 3.77. The van der Waals surface area contributed by atoms with Crippen LogP contribution < -0.4 is 0 Å². The second-order valence-electron chi connectivity index (χ2n) is 4.22. The third kappa shape index (κ3) is 1.52. The van der Waals surface area contributed by atoms with E-state index in [1.807, 2.05) is 0 Å². The van der Waals surface area contributed by atoms with Crippen LogP contribution in [0, 0.1) is 6.92 Å². The maximum Gasteiger partial charge on any atom is 0.0144 e. The van der Waals surface area contributed by atoms with Gasteiger partial charge < -0.3 is 0 Å². The van der Waals surface area contributed by atoms with Gasteiger partial charge in [-0.25, -0.2) is 0 Å². The lowest BCUT2D eigenvalue weighted by molar-refractivity contribution is 0.596. The smallest absolute Gasteiger partial charge is 0.0144 e. The lowest BCUT2D eigenvalue weighted by Crippen LogP contribution is -2.20. The molecule has 1 unspecified atom stereocenters. The van der Waals surface area contributed by atoms with Crippen LogP contribution in [0.15, 0.2) is 48.6 Å². The van der Waals surface area contributed by atoms with Crippen molar-refractivity contribution in [3.05, 3.63) is 59.7 Å². The van der Waals surface area contributed by atoms with Crippen molar-refractivity contribution < 1.29 is 0 Å². The molecule has 0 N–H and O–H groups in total. The summed E-state index contributed by atoms with van der Waals surface area (Å²) in [5, 5.41) is 0. The highest BCUT2D eigenvalue weighted by molar-refractivity contribution is 5.39. The van der Waals surface area contributed by atoms with Crippen molar-refractivity contribution in [1.29, 1.82) is 0 Å². The van der Waals surface area contributed by atoms with E-state index in [0.29, 0.717) is 0 Å². The summed E-state index contributed by atoms with van der Waals surface area (Å²) in [6.07, 6.45) is 9.92. The predicted molar refractivity (Wildman–Crippen MR) is 61.4 cm³/mol. The Hall–Kier alpha value is -1.30. The molecule has 0 nitrogen and oxygen atoms in total. The van der Waals surface area contributed by atoms with Gasteiger partial charge >= 0.3 is 0 Å². The van der Waals surface area contributed by atoms with Crippen LogP contribution in [0.3, 0.4) is 0 Å². The Morgan fingerprint density at radius 3 is 2.57 bits per heavy atom. The fourth-order valence-corrected chi connectivity index (χ4v) is 2.14. The molecule has 2 rings (SSSR count). The van der Waals surface area contributed by atoms with Gasteiger partial charge in [0, 0.05) is 5.41 Å². The van der Waals surface area contributed by atoms with Gasteiger partial charge in [-0.1, -0.05) is 55.5 Å². The molecule has 1 aliphatic rings. The average molecular weight is 184 g/mol. The van der Waals surface area contributed by atoms with Crippen LogP contribution >= 0.6 is 0 Å². The Bertz CT molecular complexity index is 385. The standard InChI is InChI=1S/C14H16/c1-12-8-4-5-9-13(12)14(2)10-6-3-7-11-14/h3-10H,11H2,1-2H3. The Labute approximate surface area is 86.0 Å². The van der Waals surface area contributed by atoms with Crippen LogP contribution in [0.25, 0.3) is 0 Å². The maximum absolute atomic E-state index is 2.30. The van der Waals surface area contributed by atoms with Crippen LogP contribution in [0.4, 0.5) is 0 Å². The number of hydrogen-bond donors (Lipinski definition) is 0. The van der Waals surface area contributed by atoms with E-state index in [2.05, 4.69) is 62.4 Å². The maximum atomic E-state index is 2.30. The van der Waals surface area contributed by atoms with Gasteiger partial charge in [-0.15, -0.1) is 0 Å². The minimum Gasteiger partial charge on any atom is -0.0834 e. The minimum absolute atomic E-state index is 0.195. The van der Waals surface area contributed by atoms with Crippen molar-refractivity contribution >= 4 is 0 Å². The first-order valence-corrected chi connectivity index (χ1v) is 5.13. The Kier molecular flexibility index (Phi) is 2.28. The summed E-state index contributed by atoms with van der Waals surface area (Å²) in [6, 6.07) is 8.65. The molecule has 14 heavy (non-hydrogen) atoms. The van der Waals surface area contributed by atoms with E-state index in [0.717, 1.165) is 6.42 Å². The Balaban J connectivity index is 2.44. The third-order valence-corrected chi connectivity index (χ3v) is 3.01. The van der Waals surface area contributed by atoms with Crippen molar-refractivity contribution in [2.75, 3.05) is 0 Å². The van der Waals surface area contributed by atoms with Gasteiger partial charge in [0.1, 0.15) is 0 Å². The molecule has 0 fully saturated rings. The van der Waals surface area contributed by atoms with Crippen LogP contribution in [0.1, 0.15) is 24.5 Å². The largest absolute Gasteiger partial charge is 0.0834 e. The third-order valence-electron chi connectivity index (χ3n) is 3.01. The fourth-order valence-electron chi connectivity index (χ4n) is 2.14. The van der Waals surface area contributed by atoms with Crippen LogP contribution in [0.2, 0.25) is 0 Å². The zero-order valence-electron chi connectivity index (χ0n) is 8.83. The summed E-state index contributed by atoms with van der Waals surface area (Å²) in [5.74, 6) is 0. The van der Waals surface area contributed by atoms with Gasteiger partial charge in [0.05, 0.1) is 0 Å². The molecule has 0 spiro atoms. The van der Waals surface area contributed by atoms with Gasteiger partial charge in [-0.05, 0) is 24.5 Å². The highest BCUT2D eigenvalue weighted by Gasteiger charge is 2.24. The van der Waals surface area contributed by atoms with Crippen molar-refractivity contribution in [2.45, 2.75) is 25.7 Å². The first-order valence-electron chi connectivity index (χ1n) is 5.13. The van der Waals surface area contributed by atoms with Crippen LogP contribution in [-0.4, -0.2) is 0 Å². The number of allylic oxidation sites excluding steroid dienone is 4. The Morgan fingerprint density at radius 1 is 1.14 bits per heavy atom. The SMILES string of the molecule is Cc1ccccc1C1(C)C=CC=CC1. The van der Waals surface area contributed by atoms with E-state index < -0.39 is 0 Å². The van der Waals surface area contributed by atoms with Crippen LogP contribution in [-0.2, 0) is 5.41 Å². The van der Waals surface area contributed by atoms with Gasteiger partial charge in [-0.3, -0.25) is 0 Å². The highest BCUT2D eigenvalue weighted by atomic mass is 14.3. The van der Waals surface area contributed by atoms with E-state index in [1.165, 1.54) is 11.1 Å². The van der Waals surface area contributed by atoms with Crippen molar-refractivity contribution in [2.24, 2.45) is 0 Å². The van der Waals surface area contributed by atoms with E-state index in [1.54, 1.807) is 0 Å². The molecule has 1 atom stereocenters.